The normalized spacial score (nSPS) is 11.0. The van der Waals surface area contributed by atoms with Gasteiger partial charge >= 0.3 is 7.82 Å². The third-order valence-electron chi connectivity index (χ3n) is 12.0. The Morgan fingerprint density at radius 1 is 0.247 bits per heavy atom. The first-order valence-electron chi connectivity index (χ1n) is 22.5. The van der Waals surface area contributed by atoms with Crippen LogP contribution in [-0.2, 0) is 4.57 Å². The van der Waals surface area contributed by atoms with Gasteiger partial charge in [0.05, 0.1) is 29.5 Å². The fraction of sp³-hybridized carbons (Fsp3) is 0. The van der Waals surface area contributed by atoms with Crippen LogP contribution < -0.4 is 13.6 Å². The summed E-state index contributed by atoms with van der Waals surface area (Å²) in [5.41, 5.74) is 3.07. The van der Waals surface area contributed by atoms with E-state index in [0.29, 0.717) is 50.1 Å². The van der Waals surface area contributed by atoms with E-state index in [1.54, 1.807) is 36.4 Å². The third kappa shape index (κ3) is 11.3. The number of hydrogen-bond acceptors (Lipinski definition) is 16. The number of phosphoric acid groups is 1. The van der Waals surface area contributed by atoms with Crippen LogP contribution in [0.5, 0.6) is 17.2 Å². The molecule has 0 N–H and O–H groups in total. The van der Waals surface area contributed by atoms with Gasteiger partial charge in [0, 0.05) is 89.5 Å². The van der Waals surface area contributed by atoms with E-state index in [4.69, 9.17) is 13.6 Å². The van der Waals surface area contributed by atoms with Gasteiger partial charge in [0.1, 0.15) is 17.2 Å². The number of non-ortho nitro benzene ring substituents is 6. The highest BCUT2D eigenvalue weighted by Gasteiger charge is 2.37. The van der Waals surface area contributed by atoms with E-state index in [-0.39, 0.29) is 68.1 Å². The zero-order chi connectivity index (χ0) is 54.5. The Morgan fingerprint density at radius 2 is 0.416 bits per heavy atom. The fourth-order valence-corrected chi connectivity index (χ4v) is 9.39. The van der Waals surface area contributed by atoms with Gasteiger partial charge in [-0.3, -0.25) is 60.7 Å². The maximum Gasteiger partial charge on any atom is 0.647 e. The van der Waals surface area contributed by atoms with Crippen molar-refractivity contribution in [2.75, 3.05) is 0 Å². The molecule has 9 rings (SSSR count). The fourth-order valence-electron chi connectivity index (χ4n) is 8.08. The summed E-state index contributed by atoms with van der Waals surface area (Å²) in [6, 6.07) is 46.4. The van der Waals surface area contributed by atoms with Gasteiger partial charge in [0.2, 0.25) is 0 Å². The molecule has 77 heavy (non-hydrogen) atoms. The number of hydrogen-bond donors (Lipinski definition) is 0. The first-order chi connectivity index (χ1) is 36.9. The predicted molar refractivity (Wildman–Crippen MR) is 281 cm³/mol. The van der Waals surface area contributed by atoms with Crippen LogP contribution >= 0.6 is 7.82 Å². The molecule has 0 aliphatic heterocycles. The maximum atomic E-state index is 16.1. The molecule has 9 aromatic rings. The van der Waals surface area contributed by atoms with E-state index < -0.39 is 37.4 Å². The summed E-state index contributed by atoms with van der Waals surface area (Å²) in [6.07, 6.45) is 0. The Bertz CT molecular complexity index is 3460. The van der Waals surface area contributed by atoms with E-state index in [1.807, 2.05) is 0 Å². The van der Waals surface area contributed by atoms with E-state index in [1.165, 1.54) is 164 Å². The summed E-state index contributed by atoms with van der Waals surface area (Å²) in [5, 5.41) is 69.8. The molecule has 0 unspecified atom stereocenters. The number of nitro groups is 6. The summed E-state index contributed by atoms with van der Waals surface area (Å²) in [4.78, 5) is 66.3. The van der Waals surface area contributed by atoms with Gasteiger partial charge in [0.15, 0.2) is 0 Å². The number of nitrogens with zero attached hydrogens (tertiary/aromatic N) is 6. The van der Waals surface area contributed by atoms with Gasteiger partial charge in [-0.25, -0.2) is 0 Å². The second kappa shape index (κ2) is 21.2. The average molecular weight is 1050 g/mol. The summed E-state index contributed by atoms with van der Waals surface area (Å²) < 4.78 is 35.6. The van der Waals surface area contributed by atoms with Crippen molar-refractivity contribution in [3.05, 3.63) is 261 Å². The monoisotopic (exact) mass is 1050 g/mol. The van der Waals surface area contributed by atoms with Crippen LogP contribution in [0.4, 0.5) is 34.1 Å². The van der Waals surface area contributed by atoms with Gasteiger partial charge in [-0.05, 0) is 159 Å². The molecule has 380 valence electrons. The minimum absolute atomic E-state index is 0.174. The van der Waals surface area contributed by atoms with Crippen molar-refractivity contribution < 1.29 is 47.7 Å². The standard InChI is InChI=1S/C54H33N6O16P/c61-55(62)43-16-1-34(2-17-43)40-13-28-52(49(31-40)37-7-22-46(23-8-37)58(67)68)74-77(73,75-53-29-14-41(35-3-18-44(19-4-35)56(63)64)32-50(53)38-9-24-47(25-10-38)59(69)70)76-54-30-15-42(36-5-20-45(21-6-36)57(65)66)33-51(54)39-11-26-48(27-12-39)60(71)72/h1-33H. The van der Waals surface area contributed by atoms with Crippen LogP contribution in [0.25, 0.3) is 66.8 Å². The van der Waals surface area contributed by atoms with Crippen LogP contribution in [0, 0.1) is 60.7 Å². The molecular formula is C54H33N6O16P. The second-order valence-electron chi connectivity index (χ2n) is 16.7. The average Bonchev–Trinajstić information content (AvgIpc) is 3.43. The molecule has 0 heterocycles. The predicted octanol–water partition coefficient (Wildman–Crippen LogP) is 14.8. The highest BCUT2D eigenvalue weighted by atomic mass is 31.2. The quantitative estimate of drug-likeness (QED) is 0.0438. The van der Waals surface area contributed by atoms with Gasteiger partial charge in [-0.2, -0.15) is 4.57 Å². The second-order valence-corrected chi connectivity index (χ2v) is 18.1. The van der Waals surface area contributed by atoms with Crippen molar-refractivity contribution in [2.24, 2.45) is 0 Å². The topological polar surface area (TPSA) is 304 Å². The van der Waals surface area contributed by atoms with Crippen molar-refractivity contribution in [1.82, 2.24) is 0 Å². The van der Waals surface area contributed by atoms with Gasteiger partial charge < -0.3 is 13.6 Å². The Labute approximate surface area is 433 Å². The third-order valence-corrected chi connectivity index (χ3v) is 13.2. The zero-order valence-corrected chi connectivity index (χ0v) is 40.1. The molecule has 22 nitrogen and oxygen atoms in total. The summed E-state index contributed by atoms with van der Waals surface area (Å²) in [7, 11) is -5.27. The minimum atomic E-state index is -5.27. The van der Waals surface area contributed by atoms with E-state index in [2.05, 4.69) is 0 Å². The lowest BCUT2D eigenvalue weighted by Gasteiger charge is -2.24. The van der Waals surface area contributed by atoms with E-state index >= 15 is 4.57 Å². The molecule has 0 atom stereocenters. The molecule has 9 aromatic carbocycles. The smallest absolute Gasteiger partial charge is 0.385 e. The molecule has 0 radical (unpaired) electrons. The maximum absolute atomic E-state index is 16.1. The minimum Gasteiger partial charge on any atom is -0.385 e. The number of benzene rings is 9. The van der Waals surface area contributed by atoms with Gasteiger partial charge in [-0.1, -0.05) is 18.2 Å². The van der Waals surface area contributed by atoms with E-state index in [0.717, 1.165) is 0 Å². The van der Waals surface area contributed by atoms with Crippen molar-refractivity contribution in [2.45, 2.75) is 0 Å². The first kappa shape index (κ1) is 50.9. The Hall–Kier alpha value is -11.0. The molecule has 0 saturated carbocycles. The molecule has 0 bridgehead atoms. The molecule has 23 heteroatoms. The highest BCUT2D eigenvalue weighted by Crippen LogP contribution is 2.55. The van der Waals surface area contributed by atoms with Gasteiger partial charge in [0.25, 0.3) is 34.1 Å². The first-order valence-corrected chi connectivity index (χ1v) is 24.0. The molecule has 0 amide bonds. The van der Waals surface area contributed by atoms with E-state index in [9.17, 15) is 60.7 Å². The van der Waals surface area contributed by atoms with Crippen molar-refractivity contribution in [3.63, 3.8) is 0 Å². The number of nitro benzene ring substituents is 6. The SMILES string of the molecule is O=[N+]([O-])c1ccc(-c2ccc(OP(=O)(Oc3ccc(-c4ccc([N+](=O)[O-])cc4)cc3-c3ccc([N+](=O)[O-])cc3)Oc3ccc(-c4ccc([N+](=O)[O-])cc4)cc3-c3ccc([N+](=O)[O-])cc3)c(-c3ccc([N+](=O)[O-])cc3)c2)cc1. The molecule has 0 aliphatic rings. The Kier molecular flexibility index (Phi) is 14.0. The molecule has 0 aromatic heterocycles. The molecule has 0 spiro atoms. The summed E-state index contributed by atoms with van der Waals surface area (Å²) >= 11 is 0. The number of rotatable bonds is 18. The highest BCUT2D eigenvalue weighted by molar-refractivity contribution is 7.49. The van der Waals surface area contributed by atoms with Gasteiger partial charge in [-0.15, -0.1) is 0 Å². The van der Waals surface area contributed by atoms with Crippen molar-refractivity contribution in [1.29, 1.82) is 0 Å². The summed E-state index contributed by atoms with van der Waals surface area (Å²) in [6.45, 7) is 0. The largest absolute Gasteiger partial charge is 0.647 e. The van der Waals surface area contributed by atoms with Crippen LogP contribution in [0.1, 0.15) is 0 Å². The summed E-state index contributed by atoms with van der Waals surface area (Å²) in [5.74, 6) is -0.523. The lowest BCUT2D eigenvalue weighted by molar-refractivity contribution is -0.385. The van der Waals surface area contributed by atoms with Crippen LogP contribution in [0.2, 0.25) is 0 Å². The zero-order valence-electron chi connectivity index (χ0n) is 39.2. The molecule has 0 saturated heterocycles. The van der Waals surface area contributed by atoms with Crippen molar-refractivity contribution in [3.8, 4) is 84.0 Å². The number of phosphoric ester groups is 1. The molecular weight excluding hydrogens is 1020 g/mol. The van der Waals surface area contributed by atoms with Crippen molar-refractivity contribution >= 4 is 41.9 Å². The lowest BCUT2D eigenvalue weighted by Crippen LogP contribution is -2.09. The molecule has 0 fully saturated rings. The molecule has 0 aliphatic carbocycles. The van der Waals surface area contributed by atoms with Crippen LogP contribution in [-0.4, -0.2) is 29.5 Å². The Balaban J connectivity index is 1.24. The van der Waals surface area contributed by atoms with Crippen LogP contribution in [0.3, 0.4) is 0 Å². The Morgan fingerprint density at radius 3 is 0.597 bits per heavy atom. The van der Waals surface area contributed by atoms with Crippen LogP contribution in [0.15, 0.2) is 200 Å². The lowest BCUT2D eigenvalue weighted by atomic mass is 9.98.